The van der Waals surface area contributed by atoms with E-state index in [9.17, 15) is 4.79 Å². The highest BCUT2D eigenvalue weighted by molar-refractivity contribution is 5.65. The van der Waals surface area contributed by atoms with Crippen molar-refractivity contribution < 1.29 is 4.79 Å². The first-order chi connectivity index (χ1) is 5.81. The topological polar surface area (TPSA) is 17.1 Å². The molecule has 0 fully saturated rings. The highest BCUT2D eigenvalue weighted by Gasteiger charge is 1.85. The van der Waals surface area contributed by atoms with Crippen molar-refractivity contribution in [3.8, 4) is 0 Å². The lowest BCUT2D eigenvalue weighted by molar-refractivity contribution is -0.104. The van der Waals surface area contributed by atoms with Gasteiger partial charge in [0.05, 0.1) is 0 Å². The van der Waals surface area contributed by atoms with E-state index in [1.807, 2.05) is 6.92 Å². The van der Waals surface area contributed by atoms with Crippen LogP contribution in [0.4, 0.5) is 0 Å². The Balaban J connectivity index is 3.42. The lowest BCUT2D eigenvalue weighted by Gasteiger charge is -1.93. The molecular formula is C11H18O. The summed E-state index contributed by atoms with van der Waals surface area (Å²) >= 11 is 0. The Morgan fingerprint density at radius 1 is 1.25 bits per heavy atom. The molecule has 0 heterocycles. The van der Waals surface area contributed by atoms with E-state index in [0.717, 1.165) is 31.1 Å². The third-order valence-corrected chi connectivity index (χ3v) is 1.68. The first kappa shape index (κ1) is 11.2. The third kappa shape index (κ3) is 7.26. The maximum absolute atomic E-state index is 10.1. The van der Waals surface area contributed by atoms with Crippen LogP contribution in [-0.2, 0) is 4.79 Å². The molecule has 68 valence electrons. The van der Waals surface area contributed by atoms with E-state index in [0.29, 0.717) is 0 Å². The van der Waals surface area contributed by atoms with Gasteiger partial charge >= 0.3 is 0 Å². The summed E-state index contributed by atoms with van der Waals surface area (Å²) in [6.07, 6.45) is 11.3. The number of carbonyl (C=O) groups excluding carboxylic acids is 1. The van der Waals surface area contributed by atoms with Gasteiger partial charge < -0.3 is 0 Å². The van der Waals surface area contributed by atoms with Gasteiger partial charge in [-0.25, -0.2) is 0 Å². The number of hydrogen-bond acceptors (Lipinski definition) is 1. The summed E-state index contributed by atoms with van der Waals surface area (Å²) in [4.78, 5) is 10.1. The zero-order valence-corrected chi connectivity index (χ0v) is 8.05. The van der Waals surface area contributed by atoms with Gasteiger partial charge in [0.15, 0.2) is 0 Å². The fraction of sp³-hybridized carbons (Fsp3) is 0.545. The maximum Gasteiger partial charge on any atom is 0.142 e. The summed E-state index contributed by atoms with van der Waals surface area (Å²) in [5.41, 5.74) is 1.16. The summed E-state index contributed by atoms with van der Waals surface area (Å²) in [7, 11) is 0. The molecular weight excluding hydrogens is 148 g/mol. The summed E-state index contributed by atoms with van der Waals surface area (Å²) in [5.74, 6) is 0. The summed E-state index contributed by atoms with van der Waals surface area (Å²) < 4.78 is 0. The van der Waals surface area contributed by atoms with Crippen molar-refractivity contribution in [2.45, 2.75) is 39.5 Å². The molecule has 0 unspecified atom stereocenters. The Hall–Kier alpha value is -0.850. The molecule has 0 N–H and O–H groups in total. The summed E-state index contributed by atoms with van der Waals surface area (Å²) in [5, 5.41) is 0. The van der Waals surface area contributed by atoms with E-state index in [-0.39, 0.29) is 0 Å². The van der Waals surface area contributed by atoms with Crippen molar-refractivity contribution in [2.24, 2.45) is 0 Å². The molecule has 0 spiro atoms. The molecule has 0 aromatic carbocycles. The minimum atomic E-state index is 0.852. The molecule has 0 radical (unpaired) electrons. The van der Waals surface area contributed by atoms with Crippen LogP contribution in [0.1, 0.15) is 39.5 Å². The van der Waals surface area contributed by atoms with Crippen molar-refractivity contribution in [3.05, 3.63) is 23.8 Å². The van der Waals surface area contributed by atoms with E-state index in [1.165, 1.54) is 6.42 Å². The Bertz CT molecular complexity index is 166. The fourth-order valence-electron chi connectivity index (χ4n) is 0.913. The van der Waals surface area contributed by atoms with Crippen molar-refractivity contribution >= 4 is 6.29 Å². The molecule has 0 aromatic rings. The molecule has 0 saturated heterocycles. The molecule has 0 saturated carbocycles. The summed E-state index contributed by atoms with van der Waals surface area (Å²) in [6.45, 7) is 4.16. The number of rotatable bonds is 6. The Labute approximate surface area is 75.2 Å². The molecule has 12 heavy (non-hydrogen) atoms. The largest absolute Gasteiger partial charge is 0.299 e. The number of allylic oxidation sites excluding steroid dienone is 4. The van der Waals surface area contributed by atoms with E-state index in [2.05, 4.69) is 19.1 Å². The highest BCUT2D eigenvalue weighted by atomic mass is 16.1. The third-order valence-electron chi connectivity index (χ3n) is 1.68. The smallest absolute Gasteiger partial charge is 0.142 e. The molecule has 0 aliphatic heterocycles. The van der Waals surface area contributed by atoms with E-state index < -0.39 is 0 Å². The van der Waals surface area contributed by atoms with E-state index >= 15 is 0 Å². The normalized spacial score (nSPS) is 12.3. The lowest BCUT2D eigenvalue weighted by atomic mass is 10.1. The van der Waals surface area contributed by atoms with Crippen LogP contribution in [0.2, 0.25) is 0 Å². The number of hydrogen-bond donors (Lipinski definition) is 0. The van der Waals surface area contributed by atoms with Crippen LogP contribution in [0.25, 0.3) is 0 Å². The Morgan fingerprint density at radius 3 is 2.50 bits per heavy atom. The first-order valence-corrected chi connectivity index (χ1v) is 4.57. The summed E-state index contributed by atoms with van der Waals surface area (Å²) in [6, 6.07) is 0. The molecule has 0 amide bonds. The maximum atomic E-state index is 10.1. The first-order valence-electron chi connectivity index (χ1n) is 4.57. The number of aldehydes is 1. The van der Waals surface area contributed by atoms with Gasteiger partial charge in [-0.3, -0.25) is 4.79 Å². The fourth-order valence-corrected chi connectivity index (χ4v) is 0.913. The molecule has 0 aromatic heterocycles. The van der Waals surface area contributed by atoms with Gasteiger partial charge in [0, 0.05) is 0 Å². The standard InChI is InChI=1S/C11H18O/c1-3-4-5-6-7-8-11(2)9-10-12/h5-6,9-10H,3-4,7-8H2,1-2H3. The molecule has 0 bridgehead atoms. The molecule has 0 rings (SSSR count). The van der Waals surface area contributed by atoms with Crippen LogP contribution in [0, 0.1) is 0 Å². The molecule has 0 aliphatic rings. The monoisotopic (exact) mass is 166 g/mol. The SMILES string of the molecule is CCCC=CCCC(C)=CC=O. The Kier molecular flexibility index (Phi) is 7.66. The number of unbranched alkanes of at least 4 members (excludes halogenated alkanes) is 1. The zero-order valence-electron chi connectivity index (χ0n) is 8.05. The van der Waals surface area contributed by atoms with Crippen LogP contribution >= 0.6 is 0 Å². The second-order valence-electron chi connectivity index (χ2n) is 2.95. The van der Waals surface area contributed by atoms with Crippen molar-refractivity contribution in [2.75, 3.05) is 0 Å². The predicted molar refractivity (Wildman–Crippen MR) is 53.1 cm³/mol. The minimum Gasteiger partial charge on any atom is -0.299 e. The van der Waals surface area contributed by atoms with Crippen LogP contribution < -0.4 is 0 Å². The second kappa shape index (κ2) is 8.25. The van der Waals surface area contributed by atoms with Crippen LogP contribution in [-0.4, -0.2) is 6.29 Å². The van der Waals surface area contributed by atoms with Crippen molar-refractivity contribution in [3.63, 3.8) is 0 Å². The Morgan fingerprint density at radius 2 is 1.92 bits per heavy atom. The highest BCUT2D eigenvalue weighted by Crippen LogP contribution is 2.03. The van der Waals surface area contributed by atoms with Crippen LogP contribution in [0.5, 0.6) is 0 Å². The second-order valence-corrected chi connectivity index (χ2v) is 2.95. The van der Waals surface area contributed by atoms with E-state index in [4.69, 9.17) is 0 Å². The molecule has 0 atom stereocenters. The molecule has 1 nitrogen and oxygen atoms in total. The van der Waals surface area contributed by atoms with Crippen molar-refractivity contribution in [1.82, 2.24) is 0 Å². The van der Waals surface area contributed by atoms with Gasteiger partial charge in [-0.2, -0.15) is 0 Å². The lowest BCUT2D eigenvalue weighted by Crippen LogP contribution is -1.76. The van der Waals surface area contributed by atoms with Gasteiger partial charge in [0.1, 0.15) is 6.29 Å². The van der Waals surface area contributed by atoms with Crippen LogP contribution in [0.3, 0.4) is 0 Å². The van der Waals surface area contributed by atoms with E-state index in [1.54, 1.807) is 6.08 Å². The molecule has 1 heteroatoms. The molecule has 0 aliphatic carbocycles. The average molecular weight is 166 g/mol. The minimum absolute atomic E-state index is 0.852. The average Bonchev–Trinajstić information content (AvgIpc) is 2.05. The van der Waals surface area contributed by atoms with Gasteiger partial charge in [0.2, 0.25) is 0 Å². The van der Waals surface area contributed by atoms with Gasteiger partial charge in [-0.15, -0.1) is 0 Å². The predicted octanol–water partition coefficient (Wildman–Crippen LogP) is 3.27. The van der Waals surface area contributed by atoms with Gasteiger partial charge in [0.25, 0.3) is 0 Å². The van der Waals surface area contributed by atoms with Crippen LogP contribution in [0.15, 0.2) is 23.8 Å². The quantitative estimate of drug-likeness (QED) is 0.336. The van der Waals surface area contributed by atoms with Gasteiger partial charge in [-0.05, 0) is 32.3 Å². The van der Waals surface area contributed by atoms with Gasteiger partial charge in [-0.1, -0.05) is 31.1 Å². The zero-order chi connectivity index (χ0) is 9.23. The number of carbonyl (C=O) groups is 1. The van der Waals surface area contributed by atoms with Crippen molar-refractivity contribution in [1.29, 1.82) is 0 Å².